The maximum absolute atomic E-state index is 14.3. The predicted molar refractivity (Wildman–Crippen MR) is 289 cm³/mol. The average molecular weight is 946 g/mol. The van der Waals surface area contributed by atoms with Gasteiger partial charge in [0.1, 0.15) is 6.07 Å². The van der Waals surface area contributed by atoms with Crippen molar-refractivity contribution < 1.29 is 8.42 Å². The van der Waals surface area contributed by atoms with Crippen LogP contribution in [0.4, 0.5) is 0 Å². The van der Waals surface area contributed by atoms with Gasteiger partial charge in [0.2, 0.25) is 9.84 Å². The SMILES string of the molecule is CC(C)(C)c1ccc2c(c1)cc(-c1c(-c3cn(-c4ccccc4)c4ccc(C(C)(C)C)cc34)n(C3=CC=CC4=C[C@@H]43)c3ccc(C(C)(C)C)cc13)n2-c1ccc(S(=O)(=O)c2ccc(C#N)cc2C#N)cc1. The third-order valence-electron chi connectivity index (χ3n) is 14.4. The number of sulfone groups is 1. The topological polar surface area (TPSA) is 96.5 Å². The van der Waals surface area contributed by atoms with E-state index in [1.54, 1.807) is 12.1 Å². The summed E-state index contributed by atoms with van der Waals surface area (Å²) in [6.07, 6.45) is 11.3. The summed E-state index contributed by atoms with van der Waals surface area (Å²) >= 11 is 0. The Bertz CT molecular complexity index is 4010. The summed E-state index contributed by atoms with van der Waals surface area (Å²) in [4.78, 5) is -0.0823. The van der Waals surface area contributed by atoms with E-state index in [0.29, 0.717) is 0 Å². The fourth-order valence-electron chi connectivity index (χ4n) is 10.3. The van der Waals surface area contributed by atoms with Crippen molar-refractivity contribution in [3.63, 3.8) is 0 Å². The molecule has 2 aliphatic rings. The molecule has 0 amide bonds. The van der Waals surface area contributed by atoms with Gasteiger partial charge in [-0.15, -0.1) is 0 Å². The Morgan fingerprint density at radius 3 is 1.87 bits per heavy atom. The number of hydrogen-bond acceptors (Lipinski definition) is 4. The molecule has 11 rings (SSSR count). The van der Waals surface area contributed by atoms with Crippen LogP contribution in [0, 0.1) is 28.6 Å². The summed E-state index contributed by atoms with van der Waals surface area (Å²) in [5, 5.41) is 22.8. The Morgan fingerprint density at radius 2 is 1.23 bits per heavy atom. The zero-order valence-electron chi connectivity index (χ0n) is 41.6. The first-order chi connectivity index (χ1) is 33.8. The molecule has 71 heavy (non-hydrogen) atoms. The molecule has 0 radical (unpaired) electrons. The molecule has 0 unspecified atom stereocenters. The largest absolute Gasteiger partial charge is 0.316 e. The zero-order chi connectivity index (χ0) is 49.9. The van der Waals surface area contributed by atoms with Crippen molar-refractivity contribution in [1.29, 1.82) is 10.5 Å². The highest BCUT2D eigenvalue weighted by Gasteiger charge is 2.36. The van der Waals surface area contributed by atoms with Crippen LogP contribution in [-0.4, -0.2) is 22.1 Å². The van der Waals surface area contributed by atoms with Gasteiger partial charge in [0.25, 0.3) is 0 Å². The van der Waals surface area contributed by atoms with Crippen LogP contribution in [0.1, 0.15) is 90.1 Å². The van der Waals surface area contributed by atoms with Gasteiger partial charge in [-0.05, 0) is 142 Å². The second kappa shape index (κ2) is 16.1. The molecule has 0 saturated heterocycles. The van der Waals surface area contributed by atoms with Crippen molar-refractivity contribution in [3.05, 3.63) is 197 Å². The van der Waals surface area contributed by atoms with Crippen LogP contribution in [0.3, 0.4) is 0 Å². The van der Waals surface area contributed by atoms with Crippen molar-refractivity contribution in [2.45, 2.75) is 88.3 Å². The lowest BCUT2D eigenvalue weighted by atomic mass is 9.85. The lowest BCUT2D eigenvalue weighted by Crippen LogP contribution is -2.11. The monoisotopic (exact) mass is 945 g/mol. The van der Waals surface area contributed by atoms with E-state index in [1.807, 2.05) is 24.3 Å². The fraction of sp³-hybridized carbons (Fsp3) is 0.206. The van der Waals surface area contributed by atoms with Crippen LogP contribution < -0.4 is 0 Å². The number of nitrogens with zero attached hydrogens (tertiary/aromatic N) is 5. The van der Waals surface area contributed by atoms with E-state index in [0.717, 1.165) is 66.6 Å². The Morgan fingerprint density at radius 1 is 0.592 bits per heavy atom. The van der Waals surface area contributed by atoms with Crippen LogP contribution in [0.15, 0.2) is 179 Å². The standard InChI is InChI=1S/C63H55N5O2S/c1-61(2,3)43-19-26-53-41(31-43)33-57(67(53)47-22-24-48(25-23-47)71(69,70)58-29-18-39(36-64)30-42(58)37-65)59-51-35-45(63(7,8)9)21-28-56(51)68(55-17-13-14-40-32-49(40)55)60(59)52-38-66(46-15-11-10-12-16-46)54-27-20-44(34-50(52)54)62(4,5)6/h10-35,38,49H,1-9H3/t49-/m0/s1. The van der Waals surface area contributed by atoms with Crippen LogP contribution in [0.2, 0.25) is 0 Å². The minimum absolute atomic E-state index is 0.0519. The summed E-state index contributed by atoms with van der Waals surface area (Å²) in [6, 6.07) is 48.7. The lowest BCUT2D eigenvalue weighted by molar-refractivity contribution is 0.591. The molecule has 3 heterocycles. The van der Waals surface area contributed by atoms with Gasteiger partial charge in [-0.2, -0.15) is 10.5 Å². The van der Waals surface area contributed by atoms with E-state index in [1.165, 1.54) is 46.2 Å². The molecule has 0 bridgehead atoms. The van der Waals surface area contributed by atoms with Gasteiger partial charge in [0.15, 0.2) is 0 Å². The average Bonchev–Trinajstić information content (AvgIpc) is 3.77. The normalized spacial score (nSPS) is 14.9. The molecule has 0 fully saturated rings. The number of benzene rings is 6. The fourth-order valence-corrected chi connectivity index (χ4v) is 11.7. The molecule has 7 nitrogen and oxygen atoms in total. The van der Waals surface area contributed by atoms with Gasteiger partial charge >= 0.3 is 0 Å². The Labute approximate surface area is 416 Å². The summed E-state index contributed by atoms with van der Waals surface area (Å²) in [5.74, 6) is 0.171. The molecule has 0 aliphatic heterocycles. The smallest absolute Gasteiger partial charge is 0.207 e. The third kappa shape index (κ3) is 7.57. The molecule has 350 valence electrons. The van der Waals surface area contributed by atoms with E-state index in [2.05, 4.69) is 198 Å². The van der Waals surface area contributed by atoms with Gasteiger partial charge in [-0.25, -0.2) is 8.42 Å². The van der Waals surface area contributed by atoms with Gasteiger partial charge in [-0.3, -0.25) is 0 Å². The molecule has 2 aliphatic carbocycles. The highest BCUT2D eigenvalue weighted by atomic mass is 32.2. The second-order valence-corrected chi connectivity index (χ2v) is 24.1. The van der Waals surface area contributed by atoms with Crippen molar-refractivity contribution >= 4 is 48.2 Å². The predicted octanol–water partition coefficient (Wildman–Crippen LogP) is 15.3. The van der Waals surface area contributed by atoms with Crippen molar-refractivity contribution in [2.24, 2.45) is 5.92 Å². The van der Waals surface area contributed by atoms with Gasteiger partial charge in [0.05, 0.1) is 54.9 Å². The first-order valence-corrected chi connectivity index (χ1v) is 25.7. The molecular weight excluding hydrogens is 891 g/mol. The summed E-state index contributed by atoms with van der Waals surface area (Å²) in [5.41, 5.74) is 15.2. The van der Waals surface area contributed by atoms with Crippen LogP contribution in [-0.2, 0) is 26.1 Å². The first kappa shape index (κ1) is 45.5. The maximum atomic E-state index is 14.3. The van der Waals surface area contributed by atoms with E-state index in [9.17, 15) is 18.9 Å². The molecule has 8 heteroatoms. The second-order valence-electron chi connectivity index (χ2n) is 22.2. The van der Waals surface area contributed by atoms with Gasteiger partial charge in [0, 0.05) is 56.5 Å². The molecule has 3 aromatic heterocycles. The first-order valence-electron chi connectivity index (χ1n) is 24.2. The highest BCUT2D eigenvalue weighted by molar-refractivity contribution is 7.91. The number of hydrogen-bond donors (Lipinski definition) is 0. The molecule has 0 spiro atoms. The Balaban J connectivity index is 1.27. The summed E-state index contributed by atoms with van der Waals surface area (Å²) in [7, 11) is -4.14. The summed E-state index contributed by atoms with van der Waals surface area (Å²) in [6.45, 7) is 20.3. The number of fused-ring (bicyclic) bond motifs is 4. The Kier molecular flexibility index (Phi) is 10.3. The van der Waals surface area contributed by atoms with Crippen molar-refractivity contribution in [2.75, 3.05) is 0 Å². The number of para-hydroxylation sites is 1. The maximum Gasteiger partial charge on any atom is 0.207 e. The molecule has 9 aromatic rings. The molecule has 0 N–H and O–H groups in total. The van der Waals surface area contributed by atoms with E-state index in [-0.39, 0.29) is 43.1 Å². The number of allylic oxidation sites excluding steroid dienone is 6. The number of rotatable bonds is 7. The van der Waals surface area contributed by atoms with E-state index < -0.39 is 9.84 Å². The van der Waals surface area contributed by atoms with Crippen LogP contribution >= 0.6 is 0 Å². The van der Waals surface area contributed by atoms with Crippen molar-refractivity contribution in [3.8, 4) is 46.0 Å². The molecule has 0 saturated carbocycles. The number of nitriles is 2. The van der Waals surface area contributed by atoms with Gasteiger partial charge in [-0.1, -0.05) is 117 Å². The van der Waals surface area contributed by atoms with Crippen LogP contribution in [0.5, 0.6) is 0 Å². The zero-order valence-corrected chi connectivity index (χ0v) is 42.4. The highest BCUT2D eigenvalue weighted by Crippen LogP contribution is 2.52. The van der Waals surface area contributed by atoms with Crippen molar-refractivity contribution in [1.82, 2.24) is 13.7 Å². The minimum atomic E-state index is -4.14. The van der Waals surface area contributed by atoms with E-state index in [4.69, 9.17) is 0 Å². The number of aromatic nitrogens is 3. The van der Waals surface area contributed by atoms with E-state index >= 15 is 0 Å². The third-order valence-corrected chi connectivity index (χ3v) is 16.2. The molecular formula is C63H55N5O2S. The van der Waals surface area contributed by atoms with Crippen LogP contribution in [0.25, 0.3) is 72.3 Å². The quantitative estimate of drug-likeness (QED) is 0.159. The molecule has 1 atom stereocenters. The molecule has 6 aromatic carbocycles. The summed E-state index contributed by atoms with van der Waals surface area (Å²) < 4.78 is 35.8. The minimum Gasteiger partial charge on any atom is -0.316 e. The van der Waals surface area contributed by atoms with Gasteiger partial charge < -0.3 is 13.7 Å². The Hall–Kier alpha value is -7.91. The lowest BCUT2D eigenvalue weighted by Gasteiger charge is -2.20.